The van der Waals surface area contributed by atoms with Gasteiger partial charge in [0, 0.05) is 49.2 Å². The zero-order valence-corrected chi connectivity index (χ0v) is 16.3. The van der Waals surface area contributed by atoms with E-state index in [1.807, 2.05) is 18.2 Å². The molecule has 1 aromatic carbocycles. The van der Waals surface area contributed by atoms with Gasteiger partial charge in [-0.15, -0.1) is 0 Å². The third kappa shape index (κ3) is 4.53. The van der Waals surface area contributed by atoms with Gasteiger partial charge >= 0.3 is 0 Å². The van der Waals surface area contributed by atoms with E-state index in [9.17, 15) is 9.59 Å². The van der Waals surface area contributed by atoms with Gasteiger partial charge in [0.2, 0.25) is 11.8 Å². The van der Waals surface area contributed by atoms with Gasteiger partial charge in [-0.3, -0.25) is 9.59 Å². The molecule has 27 heavy (non-hydrogen) atoms. The summed E-state index contributed by atoms with van der Waals surface area (Å²) in [6.45, 7) is 6.63. The number of halogens is 1. The highest BCUT2D eigenvalue weighted by Crippen LogP contribution is 2.38. The Kier molecular flexibility index (Phi) is 6.55. The first kappa shape index (κ1) is 19.9. The van der Waals surface area contributed by atoms with Crippen LogP contribution in [0.4, 0.5) is 0 Å². The van der Waals surface area contributed by atoms with Crippen LogP contribution in [0.15, 0.2) is 36.9 Å². The van der Waals surface area contributed by atoms with Crippen LogP contribution in [0.1, 0.15) is 31.2 Å². The van der Waals surface area contributed by atoms with Crippen molar-refractivity contribution in [1.82, 2.24) is 10.2 Å². The van der Waals surface area contributed by atoms with Gasteiger partial charge in [-0.2, -0.15) is 0 Å². The normalized spacial score (nSPS) is 20.1. The molecule has 2 heterocycles. The Hall–Kier alpha value is -1.85. The topological polar surface area (TPSA) is 58.6 Å². The molecule has 2 amide bonds. The maximum absolute atomic E-state index is 12.7. The van der Waals surface area contributed by atoms with Crippen molar-refractivity contribution >= 4 is 23.4 Å². The number of hydrogen-bond donors (Lipinski definition) is 1. The first-order valence-electron chi connectivity index (χ1n) is 9.57. The number of likely N-dealkylation sites (tertiary alicyclic amines) is 1. The number of ether oxygens (including phenoxy) is 1. The number of carbonyl (C=O) groups excluding carboxylic acids is 2. The predicted octanol–water partition coefficient (Wildman–Crippen LogP) is 2.93. The summed E-state index contributed by atoms with van der Waals surface area (Å²) >= 11 is 6.47. The van der Waals surface area contributed by atoms with Crippen molar-refractivity contribution in [1.29, 1.82) is 0 Å². The highest BCUT2D eigenvalue weighted by Gasteiger charge is 2.37. The number of piperidine rings is 1. The molecule has 0 spiro atoms. The van der Waals surface area contributed by atoms with Crippen LogP contribution < -0.4 is 5.32 Å². The van der Waals surface area contributed by atoms with Gasteiger partial charge in [0.25, 0.3) is 0 Å². The lowest BCUT2D eigenvalue weighted by Gasteiger charge is -2.39. The Morgan fingerprint density at radius 2 is 1.93 bits per heavy atom. The van der Waals surface area contributed by atoms with Crippen LogP contribution in [-0.4, -0.2) is 49.6 Å². The Morgan fingerprint density at radius 3 is 2.56 bits per heavy atom. The molecule has 0 aromatic heterocycles. The van der Waals surface area contributed by atoms with Crippen LogP contribution in [0.25, 0.3) is 0 Å². The first-order chi connectivity index (χ1) is 13.1. The SMILES string of the molecule is C=CC(=O)N1CCC(C(=O)NCC2(c3ccccc3Cl)CCOCC2)CC1. The molecule has 0 saturated carbocycles. The molecule has 1 aromatic rings. The molecule has 2 fully saturated rings. The molecule has 0 radical (unpaired) electrons. The Labute approximate surface area is 165 Å². The van der Waals surface area contributed by atoms with Gasteiger partial charge in [-0.25, -0.2) is 0 Å². The fraction of sp³-hybridized carbons (Fsp3) is 0.524. The summed E-state index contributed by atoms with van der Waals surface area (Å²) in [5, 5.41) is 3.91. The van der Waals surface area contributed by atoms with Crippen LogP contribution in [0, 0.1) is 5.92 Å². The molecule has 6 heteroatoms. The molecule has 0 unspecified atom stereocenters. The maximum atomic E-state index is 12.7. The number of benzene rings is 1. The Morgan fingerprint density at radius 1 is 1.26 bits per heavy atom. The van der Waals surface area contributed by atoms with Gasteiger partial charge in [-0.05, 0) is 43.4 Å². The van der Waals surface area contributed by atoms with Gasteiger partial charge in [-0.1, -0.05) is 36.4 Å². The van der Waals surface area contributed by atoms with E-state index in [2.05, 4.69) is 18.0 Å². The Balaban J connectivity index is 1.63. The predicted molar refractivity (Wildman–Crippen MR) is 106 cm³/mol. The number of rotatable bonds is 5. The molecule has 5 nitrogen and oxygen atoms in total. The molecule has 0 aliphatic carbocycles. The minimum absolute atomic E-state index is 0.0537. The molecule has 2 aliphatic rings. The summed E-state index contributed by atoms with van der Waals surface area (Å²) in [6.07, 6.45) is 4.38. The second-order valence-electron chi connectivity index (χ2n) is 7.39. The van der Waals surface area contributed by atoms with Crippen molar-refractivity contribution in [2.75, 3.05) is 32.8 Å². The molecular formula is C21H27ClN2O3. The van der Waals surface area contributed by atoms with Crippen LogP contribution >= 0.6 is 11.6 Å². The average molecular weight is 391 g/mol. The fourth-order valence-corrected chi connectivity index (χ4v) is 4.42. The average Bonchev–Trinajstić information content (AvgIpc) is 2.72. The quantitative estimate of drug-likeness (QED) is 0.786. The largest absolute Gasteiger partial charge is 0.381 e. The Bertz CT molecular complexity index is 692. The summed E-state index contributed by atoms with van der Waals surface area (Å²) in [5.41, 5.74) is 0.896. The smallest absolute Gasteiger partial charge is 0.245 e. The van der Waals surface area contributed by atoms with E-state index in [1.54, 1.807) is 4.90 Å². The monoisotopic (exact) mass is 390 g/mol. The lowest BCUT2D eigenvalue weighted by molar-refractivity contribution is -0.132. The van der Waals surface area contributed by atoms with Crippen molar-refractivity contribution in [3.05, 3.63) is 47.5 Å². The molecule has 2 saturated heterocycles. The van der Waals surface area contributed by atoms with Crippen molar-refractivity contribution < 1.29 is 14.3 Å². The molecule has 1 N–H and O–H groups in total. The number of amides is 2. The molecule has 2 aliphatic heterocycles. The number of nitrogens with one attached hydrogen (secondary N) is 1. The summed E-state index contributed by atoms with van der Waals surface area (Å²) < 4.78 is 5.55. The summed E-state index contributed by atoms with van der Waals surface area (Å²) in [6, 6.07) is 7.88. The van der Waals surface area contributed by atoms with E-state index in [0.29, 0.717) is 45.7 Å². The van der Waals surface area contributed by atoms with Gasteiger partial charge in [0.05, 0.1) is 0 Å². The highest BCUT2D eigenvalue weighted by atomic mass is 35.5. The summed E-state index contributed by atoms with van der Waals surface area (Å²) in [7, 11) is 0. The lowest BCUT2D eigenvalue weighted by Crippen LogP contribution is -2.48. The first-order valence-corrected chi connectivity index (χ1v) is 9.95. The van der Waals surface area contributed by atoms with Crippen molar-refractivity contribution in [2.45, 2.75) is 31.1 Å². The number of nitrogens with zero attached hydrogens (tertiary/aromatic N) is 1. The molecule has 0 bridgehead atoms. The second-order valence-corrected chi connectivity index (χ2v) is 7.80. The van der Waals surface area contributed by atoms with E-state index >= 15 is 0 Å². The van der Waals surface area contributed by atoms with E-state index < -0.39 is 0 Å². The van der Waals surface area contributed by atoms with Gasteiger partial charge < -0.3 is 15.0 Å². The van der Waals surface area contributed by atoms with Crippen molar-refractivity contribution in [3.63, 3.8) is 0 Å². The highest BCUT2D eigenvalue weighted by molar-refractivity contribution is 6.31. The van der Waals surface area contributed by atoms with Crippen molar-refractivity contribution in [3.8, 4) is 0 Å². The number of carbonyl (C=O) groups is 2. The standard InChI is InChI=1S/C21H27ClN2O3/c1-2-19(25)24-11-7-16(8-12-24)20(26)23-15-21(9-13-27-14-10-21)17-5-3-4-6-18(17)22/h2-6,16H,1,7-15H2,(H,23,26). The van der Waals surface area contributed by atoms with E-state index in [0.717, 1.165) is 23.4 Å². The third-order valence-electron chi connectivity index (χ3n) is 5.85. The maximum Gasteiger partial charge on any atom is 0.245 e. The fourth-order valence-electron chi connectivity index (χ4n) is 4.09. The van der Waals surface area contributed by atoms with Crippen LogP contribution in [0.2, 0.25) is 5.02 Å². The second kappa shape index (κ2) is 8.89. The zero-order valence-electron chi connectivity index (χ0n) is 15.6. The molecule has 0 atom stereocenters. The molecular weight excluding hydrogens is 364 g/mol. The van der Waals surface area contributed by atoms with Gasteiger partial charge in [0.15, 0.2) is 0 Å². The zero-order chi connectivity index (χ0) is 19.3. The van der Waals surface area contributed by atoms with Crippen molar-refractivity contribution in [2.24, 2.45) is 5.92 Å². The van der Waals surface area contributed by atoms with E-state index in [1.165, 1.54) is 6.08 Å². The van der Waals surface area contributed by atoms with Crippen LogP contribution in [-0.2, 0) is 19.7 Å². The van der Waals surface area contributed by atoms with Crippen LogP contribution in [0.5, 0.6) is 0 Å². The minimum atomic E-state index is -0.189. The van der Waals surface area contributed by atoms with E-state index in [4.69, 9.17) is 16.3 Å². The number of hydrogen-bond acceptors (Lipinski definition) is 3. The molecule has 146 valence electrons. The summed E-state index contributed by atoms with van der Waals surface area (Å²) in [4.78, 5) is 26.2. The third-order valence-corrected chi connectivity index (χ3v) is 6.18. The summed E-state index contributed by atoms with van der Waals surface area (Å²) in [5.74, 6) is -0.0469. The lowest BCUT2D eigenvalue weighted by atomic mass is 9.74. The molecule has 3 rings (SSSR count). The van der Waals surface area contributed by atoms with Crippen LogP contribution in [0.3, 0.4) is 0 Å². The van der Waals surface area contributed by atoms with Gasteiger partial charge in [0.1, 0.15) is 0 Å². The van der Waals surface area contributed by atoms with E-state index in [-0.39, 0.29) is 23.1 Å². The minimum Gasteiger partial charge on any atom is -0.381 e.